The van der Waals surface area contributed by atoms with E-state index in [0.717, 1.165) is 21.2 Å². The Balaban J connectivity index is 2.04. The summed E-state index contributed by atoms with van der Waals surface area (Å²) in [4.78, 5) is 16.1. The van der Waals surface area contributed by atoms with E-state index in [9.17, 15) is 9.90 Å². The van der Waals surface area contributed by atoms with Gasteiger partial charge in [0.2, 0.25) is 0 Å². The zero-order valence-corrected chi connectivity index (χ0v) is 15.0. The molecule has 0 saturated carbocycles. The first-order chi connectivity index (χ1) is 12.7. The molecule has 0 unspecified atom stereocenters. The molecule has 0 spiro atoms. The SMILES string of the molecule is CCOc1cccc(C(=O)O)c1N1c2ccccc2Sc2ccccc21. The molecule has 0 amide bonds. The van der Waals surface area contributed by atoms with E-state index < -0.39 is 5.97 Å². The third kappa shape index (κ3) is 2.70. The van der Waals surface area contributed by atoms with Gasteiger partial charge >= 0.3 is 5.97 Å². The van der Waals surface area contributed by atoms with Crippen LogP contribution in [0.1, 0.15) is 17.3 Å². The Morgan fingerprint density at radius 3 is 2.15 bits per heavy atom. The summed E-state index contributed by atoms with van der Waals surface area (Å²) in [6.07, 6.45) is 0. The molecule has 0 fully saturated rings. The number of ether oxygens (including phenoxy) is 1. The van der Waals surface area contributed by atoms with Crippen LogP contribution in [0.4, 0.5) is 17.1 Å². The second kappa shape index (κ2) is 6.77. The summed E-state index contributed by atoms with van der Waals surface area (Å²) >= 11 is 1.68. The van der Waals surface area contributed by atoms with Crippen molar-refractivity contribution in [2.75, 3.05) is 11.5 Å². The van der Waals surface area contributed by atoms with Gasteiger partial charge in [0.05, 0.1) is 23.5 Å². The van der Waals surface area contributed by atoms with Crippen molar-refractivity contribution >= 4 is 34.8 Å². The van der Waals surface area contributed by atoms with Gasteiger partial charge in [-0.2, -0.15) is 0 Å². The zero-order valence-electron chi connectivity index (χ0n) is 14.2. The van der Waals surface area contributed by atoms with Gasteiger partial charge in [0.25, 0.3) is 0 Å². The molecule has 4 rings (SSSR count). The molecular weight excluding hydrogens is 346 g/mol. The lowest BCUT2D eigenvalue weighted by molar-refractivity contribution is 0.0697. The van der Waals surface area contributed by atoms with Crippen LogP contribution in [0.2, 0.25) is 0 Å². The molecule has 0 bridgehead atoms. The summed E-state index contributed by atoms with van der Waals surface area (Å²) in [5.74, 6) is -0.418. The fourth-order valence-corrected chi connectivity index (χ4v) is 4.20. The number of aromatic carboxylic acids is 1. The molecule has 0 saturated heterocycles. The number of anilines is 3. The van der Waals surface area contributed by atoms with Crippen LogP contribution in [0.3, 0.4) is 0 Å². The van der Waals surface area contributed by atoms with Crippen molar-refractivity contribution in [2.24, 2.45) is 0 Å². The Hall–Kier alpha value is -2.92. The Morgan fingerprint density at radius 2 is 1.58 bits per heavy atom. The number of hydrogen-bond donors (Lipinski definition) is 1. The molecule has 0 aromatic heterocycles. The van der Waals surface area contributed by atoms with Crippen LogP contribution in [-0.4, -0.2) is 17.7 Å². The number of benzene rings is 3. The second-order valence-electron chi connectivity index (χ2n) is 5.76. The predicted molar refractivity (Wildman–Crippen MR) is 103 cm³/mol. The third-order valence-electron chi connectivity index (χ3n) is 4.19. The number of hydrogen-bond acceptors (Lipinski definition) is 4. The first kappa shape index (κ1) is 16.5. The van der Waals surface area contributed by atoms with Crippen molar-refractivity contribution in [3.63, 3.8) is 0 Å². The van der Waals surface area contributed by atoms with Gasteiger partial charge in [-0.05, 0) is 43.3 Å². The molecule has 1 aliphatic heterocycles. The smallest absolute Gasteiger partial charge is 0.337 e. The quantitative estimate of drug-likeness (QED) is 0.503. The lowest BCUT2D eigenvalue weighted by Gasteiger charge is -2.34. The van der Waals surface area contributed by atoms with Crippen molar-refractivity contribution < 1.29 is 14.6 Å². The molecule has 4 nitrogen and oxygen atoms in total. The number of carboxylic acids is 1. The first-order valence-corrected chi connectivity index (χ1v) is 9.17. The highest BCUT2D eigenvalue weighted by Crippen LogP contribution is 2.53. The van der Waals surface area contributed by atoms with Crippen LogP contribution in [-0.2, 0) is 0 Å². The minimum Gasteiger partial charge on any atom is -0.492 e. The molecule has 1 heterocycles. The number of nitrogens with zero attached hydrogens (tertiary/aromatic N) is 1. The normalized spacial score (nSPS) is 12.3. The minimum atomic E-state index is -0.977. The second-order valence-corrected chi connectivity index (χ2v) is 6.85. The van der Waals surface area contributed by atoms with Gasteiger partial charge in [0.15, 0.2) is 0 Å². The van der Waals surface area contributed by atoms with Gasteiger partial charge in [-0.25, -0.2) is 4.79 Å². The number of para-hydroxylation sites is 3. The largest absolute Gasteiger partial charge is 0.492 e. The molecule has 130 valence electrons. The Kier molecular flexibility index (Phi) is 4.31. The maximum Gasteiger partial charge on any atom is 0.337 e. The Labute approximate surface area is 156 Å². The third-order valence-corrected chi connectivity index (χ3v) is 5.32. The van der Waals surface area contributed by atoms with E-state index in [1.807, 2.05) is 66.4 Å². The van der Waals surface area contributed by atoms with E-state index in [-0.39, 0.29) is 5.56 Å². The number of carbonyl (C=O) groups is 1. The number of rotatable bonds is 4. The number of fused-ring (bicyclic) bond motifs is 2. The summed E-state index contributed by atoms with van der Waals surface area (Å²) in [6.45, 7) is 2.35. The van der Waals surface area contributed by atoms with Gasteiger partial charge in [-0.1, -0.05) is 42.1 Å². The number of carboxylic acid groups (broad SMARTS) is 1. The molecule has 1 N–H and O–H groups in total. The minimum absolute atomic E-state index is 0.215. The molecule has 3 aromatic rings. The van der Waals surface area contributed by atoms with Crippen molar-refractivity contribution in [3.8, 4) is 5.75 Å². The molecular formula is C21H17NO3S. The van der Waals surface area contributed by atoms with Crippen LogP contribution < -0.4 is 9.64 Å². The summed E-state index contributed by atoms with van der Waals surface area (Å²) in [6, 6.07) is 21.2. The van der Waals surface area contributed by atoms with Crippen LogP contribution in [0.15, 0.2) is 76.5 Å². The van der Waals surface area contributed by atoms with Gasteiger partial charge in [-0.3, -0.25) is 0 Å². The van der Waals surface area contributed by atoms with E-state index in [4.69, 9.17) is 4.74 Å². The zero-order chi connectivity index (χ0) is 18.1. The van der Waals surface area contributed by atoms with Crippen LogP contribution in [0.25, 0.3) is 0 Å². The highest BCUT2D eigenvalue weighted by Gasteiger charge is 2.29. The van der Waals surface area contributed by atoms with Crippen molar-refractivity contribution in [2.45, 2.75) is 16.7 Å². The van der Waals surface area contributed by atoms with Crippen molar-refractivity contribution in [1.82, 2.24) is 0 Å². The molecule has 26 heavy (non-hydrogen) atoms. The van der Waals surface area contributed by atoms with Crippen molar-refractivity contribution in [1.29, 1.82) is 0 Å². The summed E-state index contributed by atoms with van der Waals surface area (Å²) in [7, 11) is 0. The molecule has 3 aromatic carbocycles. The van der Waals surface area contributed by atoms with Crippen LogP contribution in [0, 0.1) is 0 Å². The van der Waals surface area contributed by atoms with Gasteiger partial charge in [0, 0.05) is 9.79 Å². The highest BCUT2D eigenvalue weighted by atomic mass is 32.2. The lowest BCUT2D eigenvalue weighted by Crippen LogP contribution is -2.19. The maximum absolute atomic E-state index is 12.0. The van der Waals surface area contributed by atoms with E-state index in [2.05, 4.69) is 0 Å². The predicted octanol–water partition coefficient (Wildman–Crippen LogP) is 5.72. The molecule has 0 aliphatic carbocycles. The standard InChI is InChI=1S/C21H17NO3S/c1-2-25-17-11-7-8-14(21(23)24)20(17)22-15-9-3-5-12-18(15)26-19-13-6-4-10-16(19)22/h3-13H,2H2,1H3,(H,23,24). The Morgan fingerprint density at radius 1 is 0.962 bits per heavy atom. The first-order valence-electron chi connectivity index (χ1n) is 8.36. The average molecular weight is 363 g/mol. The van der Waals surface area contributed by atoms with E-state index in [0.29, 0.717) is 18.0 Å². The summed E-state index contributed by atoms with van der Waals surface area (Å²) < 4.78 is 5.80. The fraction of sp³-hybridized carbons (Fsp3) is 0.0952. The average Bonchev–Trinajstić information content (AvgIpc) is 2.66. The fourth-order valence-electron chi connectivity index (χ4n) is 3.14. The van der Waals surface area contributed by atoms with E-state index in [1.165, 1.54) is 0 Å². The monoisotopic (exact) mass is 363 g/mol. The van der Waals surface area contributed by atoms with Gasteiger partial charge < -0.3 is 14.7 Å². The van der Waals surface area contributed by atoms with Gasteiger partial charge in [-0.15, -0.1) is 0 Å². The Bertz CT molecular complexity index is 941. The van der Waals surface area contributed by atoms with Gasteiger partial charge in [0.1, 0.15) is 11.4 Å². The highest BCUT2D eigenvalue weighted by molar-refractivity contribution is 7.99. The maximum atomic E-state index is 12.0. The summed E-state index contributed by atoms with van der Waals surface area (Å²) in [5, 5.41) is 9.80. The topological polar surface area (TPSA) is 49.8 Å². The molecule has 1 aliphatic rings. The van der Waals surface area contributed by atoms with Crippen molar-refractivity contribution in [3.05, 3.63) is 72.3 Å². The van der Waals surface area contributed by atoms with E-state index >= 15 is 0 Å². The molecule has 5 heteroatoms. The van der Waals surface area contributed by atoms with Crippen LogP contribution >= 0.6 is 11.8 Å². The summed E-state index contributed by atoms with van der Waals surface area (Å²) in [5.41, 5.74) is 2.67. The van der Waals surface area contributed by atoms with Crippen LogP contribution in [0.5, 0.6) is 5.75 Å². The van der Waals surface area contributed by atoms with E-state index in [1.54, 1.807) is 23.9 Å². The molecule has 0 atom stereocenters. The lowest BCUT2D eigenvalue weighted by atomic mass is 10.1. The molecule has 0 radical (unpaired) electrons.